The summed E-state index contributed by atoms with van der Waals surface area (Å²) < 4.78 is 0. The summed E-state index contributed by atoms with van der Waals surface area (Å²) in [5.41, 5.74) is 5.43. The zero-order valence-electron chi connectivity index (χ0n) is 16.5. The van der Waals surface area contributed by atoms with Crippen molar-refractivity contribution in [1.82, 2.24) is 9.88 Å². The van der Waals surface area contributed by atoms with Crippen molar-refractivity contribution in [2.45, 2.75) is 34.2 Å². The number of anilines is 1. The number of hydrogen-bond acceptors (Lipinski definition) is 3. The summed E-state index contributed by atoms with van der Waals surface area (Å²) in [6.07, 6.45) is 0. The number of carbonyl (C=O) groups excluding carboxylic acids is 1. The Balaban J connectivity index is 1.83. The predicted octanol–water partition coefficient (Wildman–Crippen LogP) is 4.95. The zero-order valence-corrected chi connectivity index (χ0v) is 16.5. The van der Waals surface area contributed by atoms with Gasteiger partial charge in [0.2, 0.25) is 0 Å². The predicted molar refractivity (Wildman–Crippen MR) is 112 cm³/mol. The standard InChI is InChI=1S/C23H27N3O/c1-5-26(6-2)15-18-8-7-9-20(13-18)25-23(27)21-14-19-12-16(3)10-11-22(19)24-17(21)4/h7-14H,5-6,15H2,1-4H3,(H,25,27). The van der Waals surface area contributed by atoms with Crippen LogP contribution < -0.4 is 5.32 Å². The lowest BCUT2D eigenvalue weighted by molar-refractivity contribution is 0.102. The maximum Gasteiger partial charge on any atom is 0.257 e. The third kappa shape index (κ3) is 4.52. The van der Waals surface area contributed by atoms with Gasteiger partial charge in [-0.15, -0.1) is 0 Å². The monoisotopic (exact) mass is 361 g/mol. The molecule has 0 saturated carbocycles. The minimum Gasteiger partial charge on any atom is -0.322 e. The number of fused-ring (bicyclic) bond motifs is 1. The Bertz CT molecular complexity index is 961. The second-order valence-electron chi connectivity index (χ2n) is 6.93. The van der Waals surface area contributed by atoms with Crippen LogP contribution in [0, 0.1) is 13.8 Å². The van der Waals surface area contributed by atoms with E-state index in [4.69, 9.17) is 0 Å². The van der Waals surface area contributed by atoms with E-state index in [0.29, 0.717) is 5.56 Å². The molecule has 4 nitrogen and oxygen atoms in total. The number of benzene rings is 2. The Morgan fingerprint density at radius 3 is 2.56 bits per heavy atom. The van der Waals surface area contributed by atoms with Crippen LogP contribution in [-0.2, 0) is 6.54 Å². The van der Waals surface area contributed by atoms with Gasteiger partial charge in [-0.2, -0.15) is 0 Å². The Labute approximate surface area is 161 Å². The molecule has 0 radical (unpaired) electrons. The van der Waals surface area contributed by atoms with E-state index in [1.165, 1.54) is 5.56 Å². The largest absolute Gasteiger partial charge is 0.322 e. The van der Waals surface area contributed by atoms with Gasteiger partial charge in [-0.05, 0) is 62.8 Å². The lowest BCUT2D eigenvalue weighted by Crippen LogP contribution is -2.22. The third-order valence-corrected chi connectivity index (χ3v) is 4.89. The number of nitrogens with one attached hydrogen (secondary N) is 1. The molecule has 1 N–H and O–H groups in total. The molecule has 0 aliphatic heterocycles. The van der Waals surface area contributed by atoms with Gasteiger partial charge in [0.25, 0.3) is 5.91 Å². The molecule has 0 aliphatic carbocycles. The molecule has 0 aliphatic rings. The number of aryl methyl sites for hydroxylation is 2. The SMILES string of the molecule is CCN(CC)Cc1cccc(NC(=O)c2cc3cc(C)ccc3nc2C)c1. The highest BCUT2D eigenvalue weighted by Crippen LogP contribution is 2.20. The van der Waals surface area contributed by atoms with Crippen molar-refractivity contribution >= 4 is 22.5 Å². The number of hydrogen-bond donors (Lipinski definition) is 1. The second-order valence-corrected chi connectivity index (χ2v) is 6.93. The minimum atomic E-state index is -0.122. The fourth-order valence-electron chi connectivity index (χ4n) is 3.27. The highest BCUT2D eigenvalue weighted by molar-refractivity contribution is 6.06. The van der Waals surface area contributed by atoms with Gasteiger partial charge in [-0.25, -0.2) is 0 Å². The third-order valence-electron chi connectivity index (χ3n) is 4.89. The highest BCUT2D eigenvalue weighted by Gasteiger charge is 2.13. The van der Waals surface area contributed by atoms with Gasteiger partial charge >= 0.3 is 0 Å². The van der Waals surface area contributed by atoms with Gasteiger partial charge in [-0.1, -0.05) is 37.6 Å². The van der Waals surface area contributed by atoms with Crippen molar-refractivity contribution in [3.63, 3.8) is 0 Å². The van der Waals surface area contributed by atoms with E-state index in [2.05, 4.69) is 41.2 Å². The Kier molecular flexibility index (Phi) is 5.87. The molecule has 0 spiro atoms. The summed E-state index contributed by atoms with van der Waals surface area (Å²) >= 11 is 0. The normalized spacial score (nSPS) is 11.1. The van der Waals surface area contributed by atoms with E-state index in [-0.39, 0.29) is 5.91 Å². The molecular weight excluding hydrogens is 334 g/mol. The van der Waals surface area contributed by atoms with E-state index in [0.717, 1.165) is 47.5 Å². The van der Waals surface area contributed by atoms with Gasteiger partial charge in [0.1, 0.15) is 0 Å². The summed E-state index contributed by atoms with van der Waals surface area (Å²) in [4.78, 5) is 19.8. The number of amides is 1. The summed E-state index contributed by atoms with van der Waals surface area (Å²) in [6, 6.07) is 16.1. The molecular formula is C23H27N3O. The van der Waals surface area contributed by atoms with Gasteiger partial charge in [0.05, 0.1) is 16.8 Å². The first-order valence-corrected chi connectivity index (χ1v) is 9.50. The summed E-state index contributed by atoms with van der Waals surface area (Å²) in [5.74, 6) is -0.122. The minimum absolute atomic E-state index is 0.122. The fraction of sp³-hybridized carbons (Fsp3) is 0.304. The van der Waals surface area contributed by atoms with Crippen LogP contribution >= 0.6 is 0 Å². The molecule has 3 aromatic rings. The molecule has 0 unspecified atom stereocenters. The summed E-state index contributed by atoms with van der Waals surface area (Å²) in [7, 11) is 0. The quantitative estimate of drug-likeness (QED) is 0.676. The van der Waals surface area contributed by atoms with Crippen molar-refractivity contribution in [3.8, 4) is 0 Å². The number of nitrogens with zero attached hydrogens (tertiary/aromatic N) is 2. The lowest BCUT2D eigenvalue weighted by atomic mass is 10.1. The van der Waals surface area contributed by atoms with E-state index >= 15 is 0 Å². The van der Waals surface area contributed by atoms with Crippen LogP contribution in [-0.4, -0.2) is 28.9 Å². The van der Waals surface area contributed by atoms with Crippen LogP contribution in [0.2, 0.25) is 0 Å². The van der Waals surface area contributed by atoms with Gasteiger partial charge < -0.3 is 5.32 Å². The first-order chi connectivity index (χ1) is 13.0. The molecule has 140 valence electrons. The fourth-order valence-corrected chi connectivity index (χ4v) is 3.27. The number of pyridine rings is 1. The van der Waals surface area contributed by atoms with E-state index in [1.54, 1.807) is 0 Å². The second kappa shape index (κ2) is 8.31. The maximum absolute atomic E-state index is 12.8. The Morgan fingerprint density at radius 1 is 1.04 bits per heavy atom. The van der Waals surface area contributed by atoms with Crippen molar-refractivity contribution in [1.29, 1.82) is 0 Å². The van der Waals surface area contributed by atoms with Crippen LogP contribution in [0.3, 0.4) is 0 Å². The van der Waals surface area contributed by atoms with Crippen molar-refractivity contribution in [3.05, 3.63) is 70.9 Å². The van der Waals surface area contributed by atoms with Crippen LogP contribution in [0.15, 0.2) is 48.5 Å². The molecule has 0 fully saturated rings. The molecule has 27 heavy (non-hydrogen) atoms. The topological polar surface area (TPSA) is 45.2 Å². The smallest absolute Gasteiger partial charge is 0.257 e. The summed E-state index contributed by atoms with van der Waals surface area (Å²) in [6.45, 7) is 11.1. The van der Waals surface area contributed by atoms with E-state index in [1.807, 2.05) is 50.2 Å². The summed E-state index contributed by atoms with van der Waals surface area (Å²) in [5, 5.41) is 4.02. The molecule has 0 atom stereocenters. The number of aromatic nitrogens is 1. The first kappa shape index (κ1) is 19.1. The molecule has 0 saturated heterocycles. The molecule has 3 rings (SSSR count). The Morgan fingerprint density at radius 2 is 1.81 bits per heavy atom. The van der Waals surface area contributed by atoms with Gasteiger partial charge in [0, 0.05) is 17.6 Å². The molecule has 0 bridgehead atoms. The Hall–Kier alpha value is -2.72. The zero-order chi connectivity index (χ0) is 19.4. The van der Waals surface area contributed by atoms with Crippen LogP contribution in [0.5, 0.6) is 0 Å². The van der Waals surface area contributed by atoms with Gasteiger partial charge in [0.15, 0.2) is 0 Å². The van der Waals surface area contributed by atoms with Crippen LogP contribution in [0.1, 0.15) is 41.0 Å². The van der Waals surface area contributed by atoms with Gasteiger partial charge in [-0.3, -0.25) is 14.7 Å². The van der Waals surface area contributed by atoms with Crippen LogP contribution in [0.4, 0.5) is 5.69 Å². The molecule has 4 heteroatoms. The number of carbonyl (C=O) groups is 1. The average molecular weight is 361 g/mol. The molecule has 1 heterocycles. The highest BCUT2D eigenvalue weighted by atomic mass is 16.1. The molecule has 1 aromatic heterocycles. The average Bonchev–Trinajstić information content (AvgIpc) is 2.66. The van der Waals surface area contributed by atoms with E-state index in [9.17, 15) is 4.79 Å². The van der Waals surface area contributed by atoms with E-state index < -0.39 is 0 Å². The van der Waals surface area contributed by atoms with Crippen molar-refractivity contribution in [2.75, 3.05) is 18.4 Å². The van der Waals surface area contributed by atoms with Crippen molar-refractivity contribution < 1.29 is 4.79 Å². The first-order valence-electron chi connectivity index (χ1n) is 9.50. The molecule has 2 aromatic carbocycles. The maximum atomic E-state index is 12.8. The lowest BCUT2D eigenvalue weighted by Gasteiger charge is -2.18. The van der Waals surface area contributed by atoms with Crippen LogP contribution in [0.25, 0.3) is 10.9 Å². The van der Waals surface area contributed by atoms with Crippen molar-refractivity contribution in [2.24, 2.45) is 0 Å². The number of rotatable bonds is 6. The molecule has 1 amide bonds.